The van der Waals surface area contributed by atoms with E-state index in [4.69, 9.17) is 21.1 Å². The lowest BCUT2D eigenvalue weighted by Gasteiger charge is -2.34. The largest absolute Gasteiger partial charge is 0.493 e. The van der Waals surface area contributed by atoms with Crippen LogP contribution in [-0.4, -0.2) is 62.6 Å². The molecule has 1 atom stereocenters. The van der Waals surface area contributed by atoms with E-state index >= 15 is 0 Å². The summed E-state index contributed by atoms with van der Waals surface area (Å²) in [5, 5.41) is 2.89. The summed E-state index contributed by atoms with van der Waals surface area (Å²) in [4.78, 5) is 38.2. The highest BCUT2D eigenvalue weighted by Crippen LogP contribution is 2.37. The fraction of sp³-hybridized carbons (Fsp3) is 0.500. The molecule has 1 aliphatic rings. The van der Waals surface area contributed by atoms with Crippen LogP contribution in [0.5, 0.6) is 11.5 Å². The first-order valence-corrected chi connectivity index (χ1v) is 8.96. The van der Waals surface area contributed by atoms with E-state index in [-0.39, 0.29) is 23.6 Å². The minimum Gasteiger partial charge on any atom is -0.493 e. The molecule has 0 bridgehead atoms. The molecule has 0 radical (unpaired) electrons. The van der Waals surface area contributed by atoms with Gasteiger partial charge in [0.1, 0.15) is 6.04 Å². The van der Waals surface area contributed by atoms with Gasteiger partial charge in [0.05, 0.1) is 32.3 Å². The van der Waals surface area contributed by atoms with Crippen LogP contribution in [0.25, 0.3) is 0 Å². The van der Waals surface area contributed by atoms with Gasteiger partial charge in [-0.3, -0.25) is 14.4 Å². The minimum absolute atomic E-state index is 0.226. The van der Waals surface area contributed by atoms with Crippen LogP contribution < -0.4 is 14.8 Å². The molecule has 0 aromatic heterocycles. The van der Waals surface area contributed by atoms with Crippen molar-refractivity contribution < 1.29 is 28.6 Å². The van der Waals surface area contributed by atoms with Gasteiger partial charge in [-0.1, -0.05) is 18.5 Å². The third-order valence-corrected chi connectivity index (χ3v) is 4.39. The van der Waals surface area contributed by atoms with Crippen LogP contribution in [0.15, 0.2) is 12.1 Å². The van der Waals surface area contributed by atoms with Crippen LogP contribution in [0.4, 0.5) is 0 Å². The van der Waals surface area contributed by atoms with Gasteiger partial charge in [0.2, 0.25) is 5.91 Å². The highest BCUT2D eigenvalue weighted by atomic mass is 35.5. The van der Waals surface area contributed by atoms with Crippen LogP contribution in [0.1, 0.15) is 30.1 Å². The van der Waals surface area contributed by atoms with Crippen molar-refractivity contribution in [1.82, 2.24) is 10.2 Å². The zero-order valence-electron chi connectivity index (χ0n) is 15.5. The van der Waals surface area contributed by atoms with Gasteiger partial charge in [0, 0.05) is 18.7 Å². The van der Waals surface area contributed by atoms with Crippen molar-refractivity contribution in [3.63, 3.8) is 0 Å². The predicted molar refractivity (Wildman–Crippen MR) is 98.3 cm³/mol. The number of nitrogens with zero attached hydrogens (tertiary/aromatic N) is 1. The van der Waals surface area contributed by atoms with Gasteiger partial charge in [-0.05, 0) is 18.6 Å². The number of methoxy groups -OCH3 is 2. The summed E-state index contributed by atoms with van der Waals surface area (Å²) >= 11 is 6.27. The summed E-state index contributed by atoms with van der Waals surface area (Å²) in [6, 6.07) is 2.04. The van der Waals surface area contributed by atoms with Crippen molar-refractivity contribution in [2.24, 2.45) is 0 Å². The van der Waals surface area contributed by atoms with Crippen LogP contribution in [0.2, 0.25) is 5.02 Å². The molecular formula is C18H23ClN2O6. The molecule has 2 amide bonds. The number of amides is 2. The number of carbonyl (C=O) groups excluding carboxylic acids is 3. The minimum atomic E-state index is -0.945. The third-order valence-electron chi connectivity index (χ3n) is 4.11. The summed E-state index contributed by atoms with van der Waals surface area (Å²) in [6.07, 6.45) is 0.564. The molecule has 1 N–H and O–H groups in total. The van der Waals surface area contributed by atoms with Gasteiger partial charge in [-0.25, -0.2) is 0 Å². The monoisotopic (exact) mass is 398 g/mol. The summed E-state index contributed by atoms with van der Waals surface area (Å²) in [7, 11) is 2.68. The third kappa shape index (κ3) is 4.82. The van der Waals surface area contributed by atoms with E-state index < -0.39 is 23.8 Å². The molecule has 1 fully saturated rings. The van der Waals surface area contributed by atoms with Crippen molar-refractivity contribution in [3.05, 3.63) is 22.7 Å². The molecule has 2 rings (SSSR count). The van der Waals surface area contributed by atoms with Crippen molar-refractivity contribution in [2.45, 2.75) is 25.8 Å². The maximum Gasteiger partial charge on any atom is 0.308 e. The number of esters is 1. The SMILES string of the molecule is CCCOc1c(Cl)cc(C(=O)N2CCNC(=O)C2CC(=O)OC)cc1OC. The Kier molecular flexibility index (Phi) is 7.29. The molecule has 0 spiro atoms. The van der Waals surface area contributed by atoms with Crippen LogP contribution >= 0.6 is 11.6 Å². The second kappa shape index (κ2) is 9.45. The van der Waals surface area contributed by atoms with Crippen LogP contribution in [0, 0.1) is 0 Å². The maximum atomic E-state index is 13.0. The maximum absolute atomic E-state index is 13.0. The van der Waals surface area contributed by atoms with Gasteiger partial charge in [0.15, 0.2) is 11.5 Å². The second-order valence-electron chi connectivity index (χ2n) is 5.92. The number of hydrogen-bond acceptors (Lipinski definition) is 6. The van der Waals surface area contributed by atoms with Crippen LogP contribution in [0.3, 0.4) is 0 Å². The standard InChI is InChI=1S/C18H23ClN2O6/c1-4-7-27-16-12(19)8-11(9-14(16)25-2)18(24)21-6-5-20-17(23)13(21)10-15(22)26-3/h8-9,13H,4-7,10H2,1-3H3,(H,20,23). The smallest absolute Gasteiger partial charge is 0.308 e. The molecule has 0 saturated carbocycles. The quantitative estimate of drug-likeness (QED) is 0.702. The Bertz CT molecular complexity index is 724. The lowest BCUT2D eigenvalue weighted by atomic mass is 10.1. The summed E-state index contributed by atoms with van der Waals surface area (Å²) in [5.74, 6) is -0.721. The fourth-order valence-electron chi connectivity index (χ4n) is 2.76. The van der Waals surface area contributed by atoms with Gasteiger partial charge in [-0.2, -0.15) is 0 Å². The first kappa shape index (κ1) is 20.8. The van der Waals surface area contributed by atoms with Gasteiger partial charge < -0.3 is 24.4 Å². The van der Waals surface area contributed by atoms with Crippen molar-refractivity contribution >= 4 is 29.4 Å². The first-order valence-electron chi connectivity index (χ1n) is 8.58. The van der Waals surface area contributed by atoms with E-state index in [2.05, 4.69) is 10.1 Å². The average Bonchev–Trinajstić information content (AvgIpc) is 2.67. The number of nitrogens with one attached hydrogen (secondary N) is 1. The second-order valence-corrected chi connectivity index (χ2v) is 6.33. The Labute approximate surface area is 162 Å². The zero-order chi connectivity index (χ0) is 20.0. The molecule has 1 aromatic carbocycles. The molecule has 27 heavy (non-hydrogen) atoms. The van der Waals surface area contributed by atoms with E-state index in [1.165, 1.54) is 31.3 Å². The molecule has 8 nitrogen and oxygen atoms in total. The number of carbonyl (C=O) groups is 3. The highest BCUT2D eigenvalue weighted by Gasteiger charge is 2.36. The lowest BCUT2D eigenvalue weighted by Crippen LogP contribution is -2.57. The Balaban J connectivity index is 2.32. The molecule has 9 heteroatoms. The normalized spacial score (nSPS) is 16.5. The van der Waals surface area contributed by atoms with Gasteiger partial charge in [0.25, 0.3) is 5.91 Å². The first-order chi connectivity index (χ1) is 12.9. The Morgan fingerprint density at radius 1 is 1.33 bits per heavy atom. The average molecular weight is 399 g/mol. The van der Waals surface area contributed by atoms with Crippen molar-refractivity contribution in [2.75, 3.05) is 33.9 Å². The molecule has 1 unspecified atom stereocenters. The molecule has 1 heterocycles. The number of ether oxygens (including phenoxy) is 3. The van der Waals surface area contributed by atoms with E-state index in [1.807, 2.05) is 6.92 Å². The van der Waals surface area contributed by atoms with Gasteiger partial charge in [-0.15, -0.1) is 0 Å². The Morgan fingerprint density at radius 3 is 2.70 bits per heavy atom. The van der Waals surface area contributed by atoms with E-state index in [1.54, 1.807) is 0 Å². The van der Waals surface area contributed by atoms with Crippen molar-refractivity contribution in [3.8, 4) is 11.5 Å². The van der Waals surface area contributed by atoms with Crippen molar-refractivity contribution in [1.29, 1.82) is 0 Å². The summed E-state index contributed by atoms with van der Waals surface area (Å²) in [6.45, 7) is 2.98. The topological polar surface area (TPSA) is 94.2 Å². The molecule has 148 valence electrons. The fourth-order valence-corrected chi connectivity index (χ4v) is 3.02. The van der Waals surface area contributed by atoms with E-state index in [9.17, 15) is 14.4 Å². The molecule has 1 aromatic rings. The molecular weight excluding hydrogens is 376 g/mol. The molecule has 0 aliphatic carbocycles. The molecule has 1 saturated heterocycles. The summed E-state index contributed by atoms with van der Waals surface area (Å²) < 4.78 is 15.5. The predicted octanol–water partition coefficient (Wildman–Crippen LogP) is 1.64. The Hall–Kier alpha value is -2.48. The number of halogens is 1. The highest BCUT2D eigenvalue weighted by molar-refractivity contribution is 6.32. The molecule has 1 aliphatic heterocycles. The van der Waals surface area contributed by atoms with Gasteiger partial charge >= 0.3 is 5.97 Å². The van der Waals surface area contributed by atoms with Crippen LogP contribution in [-0.2, 0) is 14.3 Å². The summed E-state index contributed by atoms with van der Waals surface area (Å²) in [5.41, 5.74) is 0.241. The number of hydrogen-bond donors (Lipinski definition) is 1. The van der Waals surface area contributed by atoms with E-state index in [0.29, 0.717) is 24.7 Å². The lowest BCUT2D eigenvalue weighted by molar-refractivity contribution is -0.145. The zero-order valence-corrected chi connectivity index (χ0v) is 16.3. The number of benzene rings is 1. The van der Waals surface area contributed by atoms with E-state index in [0.717, 1.165) is 6.42 Å². The number of rotatable bonds is 7. The number of piperazine rings is 1. The Morgan fingerprint density at radius 2 is 2.07 bits per heavy atom.